The second-order valence-corrected chi connectivity index (χ2v) is 4.45. The summed E-state index contributed by atoms with van der Waals surface area (Å²) in [5.41, 5.74) is 1.12. The lowest BCUT2D eigenvalue weighted by Gasteiger charge is -2.26. The van der Waals surface area contributed by atoms with Gasteiger partial charge in [0, 0.05) is 0 Å². The van der Waals surface area contributed by atoms with Crippen LogP contribution in [0.4, 0.5) is 4.39 Å². The average molecular weight is 220 g/mol. The van der Waals surface area contributed by atoms with Crippen LogP contribution in [-0.2, 0) is 0 Å². The number of benzene rings is 1. The SMILES string of the molecule is Fc1ccc([CH]CCN2CCCCC2)cc1. The molecule has 2 rings (SSSR count). The van der Waals surface area contributed by atoms with Gasteiger partial charge in [0.2, 0.25) is 0 Å². The van der Waals surface area contributed by atoms with Crippen LogP contribution in [0, 0.1) is 12.2 Å². The first-order valence-corrected chi connectivity index (χ1v) is 6.16. The summed E-state index contributed by atoms with van der Waals surface area (Å²) >= 11 is 0. The molecule has 0 spiro atoms. The molecule has 0 atom stereocenters. The predicted octanol–water partition coefficient (Wildman–Crippen LogP) is 3.25. The molecule has 2 heteroatoms. The number of hydrogen-bond acceptors (Lipinski definition) is 1. The third kappa shape index (κ3) is 3.60. The number of hydrogen-bond donors (Lipinski definition) is 0. The number of piperidine rings is 1. The van der Waals surface area contributed by atoms with E-state index in [1.807, 2.05) is 12.1 Å². The Bertz CT molecular complexity index is 301. The third-order valence-corrected chi connectivity index (χ3v) is 3.14. The minimum atomic E-state index is -0.159. The van der Waals surface area contributed by atoms with Crippen LogP contribution in [0.5, 0.6) is 0 Å². The molecule has 0 unspecified atom stereocenters. The van der Waals surface area contributed by atoms with Gasteiger partial charge in [-0.1, -0.05) is 18.6 Å². The third-order valence-electron chi connectivity index (χ3n) is 3.14. The van der Waals surface area contributed by atoms with E-state index in [0.29, 0.717) is 0 Å². The van der Waals surface area contributed by atoms with Crippen molar-refractivity contribution >= 4 is 0 Å². The molecule has 0 bridgehead atoms. The Kier molecular flexibility index (Phi) is 4.34. The van der Waals surface area contributed by atoms with Crippen LogP contribution >= 0.6 is 0 Å². The van der Waals surface area contributed by atoms with E-state index in [-0.39, 0.29) is 5.82 Å². The van der Waals surface area contributed by atoms with Gasteiger partial charge in [-0.3, -0.25) is 0 Å². The summed E-state index contributed by atoms with van der Waals surface area (Å²) in [5.74, 6) is -0.159. The summed E-state index contributed by atoms with van der Waals surface area (Å²) in [4.78, 5) is 2.52. The molecule has 0 N–H and O–H groups in total. The average Bonchev–Trinajstić information content (AvgIpc) is 2.33. The van der Waals surface area contributed by atoms with E-state index < -0.39 is 0 Å². The van der Waals surface area contributed by atoms with E-state index in [4.69, 9.17) is 0 Å². The lowest BCUT2D eigenvalue weighted by atomic mass is 10.1. The summed E-state index contributed by atoms with van der Waals surface area (Å²) in [5, 5.41) is 0. The number of halogens is 1. The van der Waals surface area contributed by atoms with E-state index in [1.54, 1.807) is 0 Å². The molecule has 1 radical (unpaired) electrons. The predicted molar refractivity (Wildman–Crippen MR) is 64.7 cm³/mol. The van der Waals surface area contributed by atoms with Crippen LogP contribution in [-0.4, -0.2) is 24.5 Å². The molecule has 0 aromatic heterocycles. The van der Waals surface area contributed by atoms with Crippen molar-refractivity contribution in [1.82, 2.24) is 4.90 Å². The Labute approximate surface area is 97.3 Å². The van der Waals surface area contributed by atoms with E-state index in [1.165, 1.54) is 44.5 Å². The summed E-state index contributed by atoms with van der Waals surface area (Å²) in [6, 6.07) is 6.72. The van der Waals surface area contributed by atoms with Crippen molar-refractivity contribution in [3.8, 4) is 0 Å². The molecule has 1 aromatic carbocycles. The van der Waals surface area contributed by atoms with Crippen LogP contribution in [0.25, 0.3) is 0 Å². The first-order valence-electron chi connectivity index (χ1n) is 6.16. The van der Waals surface area contributed by atoms with E-state index in [0.717, 1.165) is 18.5 Å². The van der Waals surface area contributed by atoms with Crippen molar-refractivity contribution in [3.05, 3.63) is 42.1 Å². The minimum absolute atomic E-state index is 0.159. The van der Waals surface area contributed by atoms with Gasteiger partial charge in [0.1, 0.15) is 5.82 Å². The van der Waals surface area contributed by atoms with Gasteiger partial charge in [-0.05, 0) is 63.0 Å². The van der Waals surface area contributed by atoms with Gasteiger partial charge in [-0.25, -0.2) is 4.39 Å². The zero-order valence-corrected chi connectivity index (χ0v) is 9.66. The molecule has 1 saturated heterocycles. The van der Waals surface area contributed by atoms with Gasteiger partial charge in [-0.15, -0.1) is 0 Å². The van der Waals surface area contributed by atoms with Crippen molar-refractivity contribution < 1.29 is 4.39 Å². The highest BCUT2D eigenvalue weighted by Gasteiger charge is 2.08. The van der Waals surface area contributed by atoms with Crippen LogP contribution < -0.4 is 0 Å². The number of likely N-dealkylation sites (tertiary alicyclic amines) is 1. The molecular weight excluding hydrogens is 201 g/mol. The second kappa shape index (κ2) is 6.00. The highest BCUT2D eigenvalue weighted by atomic mass is 19.1. The molecule has 1 nitrogen and oxygen atoms in total. The van der Waals surface area contributed by atoms with Crippen molar-refractivity contribution in [1.29, 1.82) is 0 Å². The molecule has 0 aliphatic carbocycles. The maximum absolute atomic E-state index is 12.7. The molecule has 1 heterocycles. The molecule has 87 valence electrons. The standard InChI is InChI=1S/C14H19FN/c15-14-8-6-13(7-9-14)5-4-12-16-10-2-1-3-11-16/h5-9H,1-4,10-12H2. The molecule has 1 aromatic rings. The quantitative estimate of drug-likeness (QED) is 0.753. The van der Waals surface area contributed by atoms with Crippen LogP contribution in [0.1, 0.15) is 31.2 Å². The maximum Gasteiger partial charge on any atom is 0.123 e. The van der Waals surface area contributed by atoms with Crippen LogP contribution in [0.3, 0.4) is 0 Å². The largest absolute Gasteiger partial charge is 0.303 e. The molecule has 0 amide bonds. The van der Waals surface area contributed by atoms with Crippen molar-refractivity contribution in [2.45, 2.75) is 25.7 Å². The summed E-state index contributed by atoms with van der Waals surface area (Å²) in [7, 11) is 0. The fraction of sp³-hybridized carbons (Fsp3) is 0.500. The first-order chi connectivity index (χ1) is 7.84. The van der Waals surface area contributed by atoms with Crippen molar-refractivity contribution in [2.24, 2.45) is 0 Å². The Hall–Kier alpha value is -0.890. The second-order valence-electron chi connectivity index (χ2n) is 4.45. The zero-order chi connectivity index (χ0) is 11.2. The molecular formula is C14H19FN. The fourth-order valence-corrected chi connectivity index (χ4v) is 2.20. The van der Waals surface area contributed by atoms with Crippen LogP contribution in [0.15, 0.2) is 24.3 Å². The Morgan fingerprint density at radius 3 is 2.44 bits per heavy atom. The van der Waals surface area contributed by atoms with E-state index in [9.17, 15) is 4.39 Å². The van der Waals surface area contributed by atoms with Crippen molar-refractivity contribution in [2.75, 3.05) is 19.6 Å². The van der Waals surface area contributed by atoms with Gasteiger partial charge in [0.15, 0.2) is 0 Å². The fourth-order valence-electron chi connectivity index (χ4n) is 2.20. The zero-order valence-electron chi connectivity index (χ0n) is 9.66. The van der Waals surface area contributed by atoms with E-state index in [2.05, 4.69) is 11.3 Å². The maximum atomic E-state index is 12.7. The Morgan fingerprint density at radius 1 is 1.06 bits per heavy atom. The number of nitrogens with zero attached hydrogens (tertiary/aromatic N) is 1. The topological polar surface area (TPSA) is 3.24 Å². The highest BCUT2D eigenvalue weighted by Crippen LogP contribution is 2.11. The lowest BCUT2D eigenvalue weighted by molar-refractivity contribution is 0.231. The Balaban J connectivity index is 1.69. The first kappa shape index (κ1) is 11.6. The molecule has 16 heavy (non-hydrogen) atoms. The summed E-state index contributed by atoms with van der Waals surface area (Å²) in [6.07, 6.45) is 7.32. The smallest absolute Gasteiger partial charge is 0.123 e. The monoisotopic (exact) mass is 220 g/mol. The van der Waals surface area contributed by atoms with Gasteiger partial charge >= 0.3 is 0 Å². The molecule has 1 fully saturated rings. The molecule has 1 aliphatic heterocycles. The van der Waals surface area contributed by atoms with E-state index >= 15 is 0 Å². The summed E-state index contributed by atoms with van der Waals surface area (Å²) in [6.45, 7) is 3.63. The van der Waals surface area contributed by atoms with Crippen LogP contribution in [0.2, 0.25) is 0 Å². The van der Waals surface area contributed by atoms with Gasteiger partial charge in [-0.2, -0.15) is 0 Å². The number of rotatable bonds is 4. The van der Waals surface area contributed by atoms with Gasteiger partial charge < -0.3 is 4.90 Å². The normalized spacial score (nSPS) is 17.6. The highest BCUT2D eigenvalue weighted by molar-refractivity contribution is 5.23. The van der Waals surface area contributed by atoms with Crippen molar-refractivity contribution in [3.63, 3.8) is 0 Å². The molecule has 0 saturated carbocycles. The minimum Gasteiger partial charge on any atom is -0.303 e. The molecule has 1 aliphatic rings. The Morgan fingerprint density at radius 2 is 1.75 bits per heavy atom. The van der Waals surface area contributed by atoms with Gasteiger partial charge in [0.25, 0.3) is 0 Å². The lowest BCUT2D eigenvalue weighted by Crippen LogP contribution is -2.30. The summed E-state index contributed by atoms with van der Waals surface area (Å²) < 4.78 is 12.7. The van der Waals surface area contributed by atoms with Gasteiger partial charge in [0.05, 0.1) is 0 Å².